The number of benzene rings is 2. The highest BCUT2D eigenvalue weighted by Crippen LogP contribution is 2.20. The summed E-state index contributed by atoms with van der Waals surface area (Å²) in [5.41, 5.74) is 4.91. The van der Waals surface area contributed by atoms with Crippen LogP contribution in [0.5, 0.6) is 0 Å². The number of amides is 1. The largest absolute Gasteiger partial charge is 0.377 e. The summed E-state index contributed by atoms with van der Waals surface area (Å²) < 4.78 is 5.09. The van der Waals surface area contributed by atoms with Gasteiger partial charge in [0.1, 0.15) is 12.4 Å². The highest BCUT2D eigenvalue weighted by molar-refractivity contribution is 5.93. The topological polar surface area (TPSA) is 82.8 Å². The van der Waals surface area contributed by atoms with E-state index in [0.717, 1.165) is 40.9 Å². The first-order chi connectivity index (χ1) is 13.2. The minimum Gasteiger partial charge on any atom is -0.377 e. The number of anilines is 1. The highest BCUT2D eigenvalue weighted by Gasteiger charge is 2.08. The van der Waals surface area contributed by atoms with Crippen molar-refractivity contribution < 1.29 is 9.53 Å². The number of nitrogens with zero attached hydrogens (tertiary/aromatic N) is 1. The molecule has 4 aromatic rings. The van der Waals surface area contributed by atoms with Crippen LogP contribution in [0.1, 0.15) is 24.2 Å². The SMILES string of the molecule is COCc1nc2ccc(NC(=O)CCCc3c[nH]c4ccccc34)cc2[nH]1. The van der Waals surface area contributed by atoms with E-state index in [-0.39, 0.29) is 5.91 Å². The summed E-state index contributed by atoms with van der Waals surface area (Å²) >= 11 is 0. The molecule has 0 fully saturated rings. The van der Waals surface area contributed by atoms with Crippen LogP contribution in [0.25, 0.3) is 21.9 Å². The number of aromatic amines is 2. The minimum absolute atomic E-state index is 0.0193. The lowest BCUT2D eigenvalue weighted by molar-refractivity contribution is -0.116. The Morgan fingerprint density at radius 3 is 2.96 bits per heavy atom. The van der Waals surface area contributed by atoms with Crippen molar-refractivity contribution in [3.05, 3.63) is 60.0 Å². The third-order valence-corrected chi connectivity index (χ3v) is 4.62. The number of aryl methyl sites for hydroxylation is 1. The van der Waals surface area contributed by atoms with Gasteiger partial charge in [-0.05, 0) is 42.7 Å². The van der Waals surface area contributed by atoms with Gasteiger partial charge >= 0.3 is 0 Å². The van der Waals surface area contributed by atoms with Crippen LogP contribution in [0.15, 0.2) is 48.7 Å². The van der Waals surface area contributed by atoms with Crippen LogP contribution in [0.2, 0.25) is 0 Å². The first-order valence-electron chi connectivity index (χ1n) is 9.05. The second-order valence-electron chi connectivity index (χ2n) is 6.61. The van der Waals surface area contributed by atoms with Gasteiger partial charge in [-0.15, -0.1) is 0 Å². The zero-order valence-corrected chi connectivity index (χ0v) is 15.2. The van der Waals surface area contributed by atoms with Crippen molar-refractivity contribution in [2.45, 2.75) is 25.9 Å². The van der Waals surface area contributed by atoms with Gasteiger partial charge in [-0.25, -0.2) is 4.98 Å². The van der Waals surface area contributed by atoms with E-state index < -0.39 is 0 Å². The van der Waals surface area contributed by atoms with Crippen LogP contribution in [0, 0.1) is 0 Å². The molecule has 0 atom stereocenters. The van der Waals surface area contributed by atoms with Gasteiger partial charge in [-0.1, -0.05) is 18.2 Å². The molecule has 6 nitrogen and oxygen atoms in total. The van der Waals surface area contributed by atoms with E-state index in [2.05, 4.69) is 32.4 Å². The third-order valence-electron chi connectivity index (χ3n) is 4.62. The van der Waals surface area contributed by atoms with Crippen LogP contribution < -0.4 is 5.32 Å². The van der Waals surface area contributed by atoms with Gasteiger partial charge in [-0.3, -0.25) is 4.79 Å². The number of carbonyl (C=O) groups excluding carboxylic acids is 1. The molecular formula is C21H22N4O2. The summed E-state index contributed by atoms with van der Waals surface area (Å²) in [7, 11) is 1.63. The average molecular weight is 362 g/mol. The molecule has 0 aliphatic rings. The van der Waals surface area contributed by atoms with Gasteiger partial charge in [0, 0.05) is 36.3 Å². The zero-order chi connectivity index (χ0) is 18.6. The van der Waals surface area contributed by atoms with E-state index in [0.29, 0.717) is 13.0 Å². The molecule has 4 rings (SSSR count). The van der Waals surface area contributed by atoms with E-state index >= 15 is 0 Å². The Labute approximate surface area is 157 Å². The molecule has 0 aliphatic carbocycles. The summed E-state index contributed by atoms with van der Waals surface area (Å²) in [6, 6.07) is 13.9. The van der Waals surface area contributed by atoms with Crippen molar-refractivity contribution in [3.63, 3.8) is 0 Å². The maximum atomic E-state index is 12.3. The summed E-state index contributed by atoms with van der Waals surface area (Å²) in [6.45, 7) is 0.435. The quantitative estimate of drug-likeness (QED) is 0.462. The number of carbonyl (C=O) groups is 1. The molecule has 0 unspecified atom stereocenters. The standard InChI is InChI=1S/C21H22N4O2/c1-27-13-20-24-18-10-9-15(11-19(18)25-20)23-21(26)8-4-5-14-12-22-17-7-3-2-6-16(14)17/h2-3,6-7,9-12,22H,4-5,8,13H2,1H3,(H,23,26)(H,24,25). The first kappa shape index (κ1) is 17.3. The molecule has 0 spiro atoms. The molecule has 2 aromatic heterocycles. The van der Waals surface area contributed by atoms with Crippen molar-refractivity contribution >= 4 is 33.5 Å². The van der Waals surface area contributed by atoms with E-state index in [4.69, 9.17) is 4.74 Å². The average Bonchev–Trinajstić information content (AvgIpc) is 3.25. The normalized spacial score (nSPS) is 11.3. The molecule has 0 saturated carbocycles. The summed E-state index contributed by atoms with van der Waals surface area (Å²) in [6.07, 6.45) is 4.19. The Hall–Kier alpha value is -3.12. The predicted molar refractivity (Wildman–Crippen MR) is 107 cm³/mol. The monoisotopic (exact) mass is 362 g/mol. The van der Waals surface area contributed by atoms with Crippen molar-refractivity contribution in [2.24, 2.45) is 0 Å². The number of aromatic nitrogens is 3. The molecule has 0 aliphatic heterocycles. The Morgan fingerprint density at radius 2 is 2.07 bits per heavy atom. The molecule has 2 heterocycles. The predicted octanol–water partition coefficient (Wildman–Crippen LogP) is 4.15. The lowest BCUT2D eigenvalue weighted by Crippen LogP contribution is -2.11. The Morgan fingerprint density at radius 1 is 1.19 bits per heavy atom. The summed E-state index contributed by atoms with van der Waals surface area (Å²) in [5.74, 6) is 0.792. The van der Waals surface area contributed by atoms with Crippen LogP contribution in [-0.4, -0.2) is 28.0 Å². The Kier molecular flexibility index (Phi) is 4.89. The fraction of sp³-hybridized carbons (Fsp3) is 0.238. The fourth-order valence-electron chi connectivity index (χ4n) is 3.35. The van der Waals surface area contributed by atoms with Gasteiger partial charge in [0.2, 0.25) is 5.91 Å². The number of imidazole rings is 1. The van der Waals surface area contributed by atoms with E-state index in [1.165, 1.54) is 10.9 Å². The van der Waals surface area contributed by atoms with Crippen molar-refractivity contribution in [2.75, 3.05) is 12.4 Å². The van der Waals surface area contributed by atoms with Crippen LogP contribution in [0.4, 0.5) is 5.69 Å². The van der Waals surface area contributed by atoms with E-state index in [1.807, 2.05) is 36.5 Å². The smallest absolute Gasteiger partial charge is 0.224 e. The molecule has 27 heavy (non-hydrogen) atoms. The first-order valence-corrected chi connectivity index (χ1v) is 9.05. The number of ether oxygens (including phenoxy) is 1. The Bertz CT molecular complexity index is 1080. The highest BCUT2D eigenvalue weighted by atomic mass is 16.5. The molecule has 2 aromatic carbocycles. The molecule has 6 heteroatoms. The number of fused-ring (bicyclic) bond motifs is 2. The van der Waals surface area contributed by atoms with Crippen molar-refractivity contribution in [1.29, 1.82) is 0 Å². The maximum absolute atomic E-state index is 12.3. The Balaban J connectivity index is 1.34. The molecule has 3 N–H and O–H groups in total. The number of hydrogen-bond donors (Lipinski definition) is 3. The number of rotatable bonds is 7. The van der Waals surface area contributed by atoms with Crippen molar-refractivity contribution in [3.8, 4) is 0 Å². The van der Waals surface area contributed by atoms with Gasteiger partial charge in [0.25, 0.3) is 0 Å². The molecule has 0 radical (unpaired) electrons. The summed E-state index contributed by atoms with van der Waals surface area (Å²) in [4.78, 5) is 23.2. The van der Waals surface area contributed by atoms with Crippen LogP contribution in [0.3, 0.4) is 0 Å². The summed E-state index contributed by atoms with van der Waals surface area (Å²) in [5, 5.41) is 4.20. The number of para-hydroxylation sites is 1. The van der Waals surface area contributed by atoms with E-state index in [1.54, 1.807) is 7.11 Å². The second kappa shape index (κ2) is 7.63. The van der Waals surface area contributed by atoms with Gasteiger partial charge in [0.05, 0.1) is 11.0 Å². The van der Waals surface area contributed by atoms with Crippen molar-refractivity contribution in [1.82, 2.24) is 15.0 Å². The lowest BCUT2D eigenvalue weighted by Gasteiger charge is -2.05. The minimum atomic E-state index is 0.0193. The molecule has 138 valence electrons. The van der Waals surface area contributed by atoms with Gasteiger partial charge < -0.3 is 20.0 Å². The molecule has 0 saturated heterocycles. The number of H-pyrrole nitrogens is 2. The molecule has 0 bridgehead atoms. The third kappa shape index (κ3) is 3.85. The van der Waals surface area contributed by atoms with Gasteiger partial charge in [-0.2, -0.15) is 0 Å². The van der Waals surface area contributed by atoms with E-state index in [9.17, 15) is 4.79 Å². The van der Waals surface area contributed by atoms with Crippen LogP contribution in [-0.2, 0) is 22.6 Å². The molecule has 1 amide bonds. The number of nitrogens with one attached hydrogen (secondary N) is 3. The zero-order valence-electron chi connectivity index (χ0n) is 15.2. The molecular weight excluding hydrogens is 340 g/mol. The lowest BCUT2D eigenvalue weighted by atomic mass is 10.1. The maximum Gasteiger partial charge on any atom is 0.224 e. The fourth-order valence-corrected chi connectivity index (χ4v) is 3.35. The van der Waals surface area contributed by atoms with Crippen LogP contribution >= 0.6 is 0 Å². The number of methoxy groups -OCH3 is 1. The van der Waals surface area contributed by atoms with Gasteiger partial charge in [0.15, 0.2) is 0 Å². The number of hydrogen-bond acceptors (Lipinski definition) is 3. The second-order valence-corrected chi connectivity index (χ2v) is 6.61.